The van der Waals surface area contributed by atoms with Gasteiger partial charge < -0.3 is 9.80 Å². The van der Waals surface area contributed by atoms with Crippen LogP contribution >= 0.6 is 0 Å². The molecule has 1 aliphatic heterocycles. The molecule has 0 N–H and O–H groups in total. The summed E-state index contributed by atoms with van der Waals surface area (Å²) >= 11 is 0. The number of hydrogen-bond donors (Lipinski definition) is 0. The van der Waals surface area contributed by atoms with Crippen LogP contribution in [-0.4, -0.2) is 47.8 Å². The zero-order valence-corrected chi connectivity index (χ0v) is 15.2. The SMILES string of the molecule is Cc1cccc(C(=O)N2CCN(C(=O)Cc3ccc(F)cc3)CC2)c1C. The first-order chi connectivity index (χ1) is 12.5. The Labute approximate surface area is 153 Å². The van der Waals surface area contributed by atoms with Gasteiger partial charge in [-0.3, -0.25) is 9.59 Å². The van der Waals surface area contributed by atoms with E-state index in [1.807, 2.05) is 36.9 Å². The molecule has 1 saturated heterocycles. The van der Waals surface area contributed by atoms with Crippen LogP contribution in [-0.2, 0) is 11.2 Å². The Kier molecular flexibility index (Phi) is 5.35. The molecule has 0 aliphatic carbocycles. The predicted octanol–water partition coefficient (Wildman–Crippen LogP) is 2.97. The molecule has 0 unspecified atom stereocenters. The number of aryl methyl sites for hydroxylation is 1. The number of amides is 2. The number of hydrogen-bond acceptors (Lipinski definition) is 2. The Hall–Kier alpha value is -2.69. The number of benzene rings is 2. The number of halogens is 1. The Morgan fingerprint density at radius 1 is 0.923 bits per heavy atom. The van der Waals surface area contributed by atoms with Crippen LogP contribution < -0.4 is 0 Å². The lowest BCUT2D eigenvalue weighted by Gasteiger charge is -2.35. The quantitative estimate of drug-likeness (QED) is 0.850. The molecular weight excluding hydrogens is 331 g/mol. The summed E-state index contributed by atoms with van der Waals surface area (Å²) < 4.78 is 13.0. The van der Waals surface area contributed by atoms with E-state index in [9.17, 15) is 14.0 Å². The molecule has 5 heteroatoms. The molecule has 0 aromatic heterocycles. The summed E-state index contributed by atoms with van der Waals surface area (Å²) in [7, 11) is 0. The smallest absolute Gasteiger partial charge is 0.254 e. The van der Waals surface area contributed by atoms with Crippen molar-refractivity contribution in [2.24, 2.45) is 0 Å². The van der Waals surface area contributed by atoms with Crippen molar-refractivity contribution in [3.8, 4) is 0 Å². The first-order valence-electron chi connectivity index (χ1n) is 8.83. The summed E-state index contributed by atoms with van der Waals surface area (Å²) in [6.45, 7) is 6.07. The normalized spacial score (nSPS) is 14.4. The maximum Gasteiger partial charge on any atom is 0.254 e. The summed E-state index contributed by atoms with van der Waals surface area (Å²) in [5.41, 5.74) is 3.64. The minimum Gasteiger partial charge on any atom is -0.339 e. The highest BCUT2D eigenvalue weighted by Crippen LogP contribution is 2.16. The topological polar surface area (TPSA) is 40.6 Å². The summed E-state index contributed by atoms with van der Waals surface area (Å²) in [5.74, 6) is -0.271. The average molecular weight is 354 g/mol. The highest BCUT2D eigenvalue weighted by molar-refractivity contribution is 5.96. The average Bonchev–Trinajstić information content (AvgIpc) is 2.65. The Bertz CT molecular complexity index is 809. The highest BCUT2D eigenvalue weighted by Gasteiger charge is 2.25. The minimum absolute atomic E-state index is 0.00967. The van der Waals surface area contributed by atoms with E-state index in [1.165, 1.54) is 12.1 Å². The lowest BCUT2D eigenvalue weighted by molar-refractivity contribution is -0.131. The standard InChI is InChI=1S/C21H23FN2O2/c1-15-4-3-5-19(16(15)2)21(26)24-12-10-23(11-13-24)20(25)14-17-6-8-18(22)9-7-17/h3-9H,10-14H2,1-2H3. The Morgan fingerprint density at radius 2 is 1.54 bits per heavy atom. The molecule has 0 radical (unpaired) electrons. The number of rotatable bonds is 3. The van der Waals surface area contributed by atoms with Crippen LogP contribution in [0.25, 0.3) is 0 Å². The van der Waals surface area contributed by atoms with Crippen LogP contribution in [0.3, 0.4) is 0 Å². The van der Waals surface area contributed by atoms with Gasteiger partial charge in [-0.1, -0.05) is 24.3 Å². The Balaban J connectivity index is 1.58. The number of carbonyl (C=O) groups excluding carboxylic acids is 2. The van der Waals surface area contributed by atoms with Gasteiger partial charge >= 0.3 is 0 Å². The molecule has 1 aliphatic rings. The van der Waals surface area contributed by atoms with E-state index < -0.39 is 0 Å². The molecule has 136 valence electrons. The predicted molar refractivity (Wildman–Crippen MR) is 98.5 cm³/mol. The molecule has 1 fully saturated rings. The van der Waals surface area contributed by atoms with Crippen molar-refractivity contribution in [2.45, 2.75) is 20.3 Å². The fourth-order valence-corrected chi connectivity index (χ4v) is 3.20. The molecule has 2 amide bonds. The van der Waals surface area contributed by atoms with Gasteiger partial charge in [-0.05, 0) is 48.7 Å². The van der Waals surface area contributed by atoms with Crippen molar-refractivity contribution < 1.29 is 14.0 Å². The van der Waals surface area contributed by atoms with E-state index in [1.54, 1.807) is 17.0 Å². The number of carbonyl (C=O) groups is 2. The van der Waals surface area contributed by atoms with Gasteiger partial charge in [0.2, 0.25) is 5.91 Å². The van der Waals surface area contributed by atoms with Gasteiger partial charge in [0.1, 0.15) is 5.82 Å². The molecule has 2 aromatic rings. The molecule has 2 aromatic carbocycles. The van der Waals surface area contributed by atoms with Crippen molar-refractivity contribution in [3.63, 3.8) is 0 Å². The van der Waals surface area contributed by atoms with Crippen molar-refractivity contribution in [1.29, 1.82) is 0 Å². The molecule has 26 heavy (non-hydrogen) atoms. The van der Waals surface area contributed by atoms with Crippen molar-refractivity contribution in [1.82, 2.24) is 9.80 Å². The third-order valence-electron chi connectivity index (χ3n) is 5.02. The van der Waals surface area contributed by atoms with Crippen LogP contribution in [0.15, 0.2) is 42.5 Å². The van der Waals surface area contributed by atoms with Gasteiger partial charge in [-0.2, -0.15) is 0 Å². The van der Waals surface area contributed by atoms with E-state index in [2.05, 4.69) is 0 Å². The summed E-state index contributed by atoms with van der Waals surface area (Å²) in [4.78, 5) is 28.8. The van der Waals surface area contributed by atoms with E-state index in [0.717, 1.165) is 22.3 Å². The maximum atomic E-state index is 13.0. The summed E-state index contributed by atoms with van der Waals surface area (Å²) in [6.07, 6.45) is 0.255. The molecule has 4 nitrogen and oxygen atoms in total. The monoisotopic (exact) mass is 354 g/mol. The van der Waals surface area contributed by atoms with Crippen LogP contribution in [0.4, 0.5) is 4.39 Å². The molecule has 0 spiro atoms. The third kappa shape index (κ3) is 3.93. The molecule has 1 heterocycles. The van der Waals surface area contributed by atoms with Gasteiger partial charge in [-0.15, -0.1) is 0 Å². The largest absolute Gasteiger partial charge is 0.339 e. The maximum absolute atomic E-state index is 13.0. The first kappa shape index (κ1) is 18.1. The van der Waals surface area contributed by atoms with Gasteiger partial charge in [0.15, 0.2) is 0 Å². The zero-order valence-electron chi connectivity index (χ0n) is 15.2. The molecule has 3 rings (SSSR count). The lowest BCUT2D eigenvalue weighted by Crippen LogP contribution is -2.51. The van der Waals surface area contributed by atoms with Gasteiger partial charge in [0, 0.05) is 31.7 Å². The Morgan fingerprint density at radius 3 is 2.19 bits per heavy atom. The fraction of sp³-hybridized carbons (Fsp3) is 0.333. The highest BCUT2D eigenvalue weighted by atomic mass is 19.1. The van der Waals surface area contributed by atoms with E-state index in [0.29, 0.717) is 26.2 Å². The summed E-state index contributed by atoms with van der Waals surface area (Å²) in [5, 5.41) is 0. The number of nitrogens with zero attached hydrogens (tertiary/aromatic N) is 2. The minimum atomic E-state index is -0.306. The van der Waals surface area contributed by atoms with E-state index in [4.69, 9.17) is 0 Å². The van der Waals surface area contributed by atoms with Gasteiger partial charge in [0.25, 0.3) is 5.91 Å². The second-order valence-corrected chi connectivity index (χ2v) is 6.72. The molecule has 0 saturated carbocycles. The third-order valence-corrected chi connectivity index (χ3v) is 5.02. The molecular formula is C21H23FN2O2. The van der Waals surface area contributed by atoms with Crippen LogP contribution in [0, 0.1) is 19.7 Å². The lowest BCUT2D eigenvalue weighted by atomic mass is 10.0. The van der Waals surface area contributed by atoms with Crippen LogP contribution in [0.2, 0.25) is 0 Å². The van der Waals surface area contributed by atoms with Crippen molar-refractivity contribution >= 4 is 11.8 Å². The van der Waals surface area contributed by atoms with Crippen LogP contribution in [0.5, 0.6) is 0 Å². The second kappa shape index (κ2) is 7.68. The van der Waals surface area contributed by atoms with Crippen LogP contribution in [0.1, 0.15) is 27.0 Å². The fourth-order valence-electron chi connectivity index (χ4n) is 3.20. The molecule has 0 bridgehead atoms. The van der Waals surface area contributed by atoms with Crippen molar-refractivity contribution in [3.05, 3.63) is 70.5 Å². The summed E-state index contributed by atoms with van der Waals surface area (Å²) in [6, 6.07) is 11.8. The first-order valence-corrected chi connectivity index (χ1v) is 8.83. The van der Waals surface area contributed by atoms with Gasteiger partial charge in [-0.25, -0.2) is 4.39 Å². The van der Waals surface area contributed by atoms with Crippen molar-refractivity contribution in [2.75, 3.05) is 26.2 Å². The second-order valence-electron chi connectivity index (χ2n) is 6.72. The molecule has 0 atom stereocenters. The van der Waals surface area contributed by atoms with E-state index in [-0.39, 0.29) is 24.1 Å². The van der Waals surface area contributed by atoms with E-state index >= 15 is 0 Å². The van der Waals surface area contributed by atoms with Gasteiger partial charge in [0.05, 0.1) is 6.42 Å². The zero-order chi connectivity index (χ0) is 18.7. The number of piperazine rings is 1.